The van der Waals surface area contributed by atoms with E-state index in [1.54, 1.807) is 18.2 Å². The van der Waals surface area contributed by atoms with Gasteiger partial charge in [0, 0.05) is 6.04 Å². The third-order valence-corrected chi connectivity index (χ3v) is 4.00. The van der Waals surface area contributed by atoms with Crippen molar-refractivity contribution in [2.45, 2.75) is 38.6 Å². The van der Waals surface area contributed by atoms with Crippen LogP contribution in [-0.2, 0) is 9.59 Å². The first-order valence-electron chi connectivity index (χ1n) is 8.64. The van der Waals surface area contributed by atoms with Crippen LogP contribution in [0.2, 0.25) is 0 Å². The second-order valence-electron chi connectivity index (χ2n) is 6.02. The highest BCUT2D eigenvalue weighted by atomic mass is 16.5. The summed E-state index contributed by atoms with van der Waals surface area (Å²) in [7, 11) is 0. The van der Waals surface area contributed by atoms with Gasteiger partial charge >= 0.3 is 0 Å². The zero-order valence-corrected chi connectivity index (χ0v) is 14.8. The number of ether oxygens (including phenoxy) is 2. The molecule has 1 aromatic rings. The van der Waals surface area contributed by atoms with Crippen molar-refractivity contribution in [2.24, 2.45) is 5.73 Å². The predicted octanol–water partition coefficient (Wildman–Crippen LogP) is 1.92. The molecule has 7 nitrogen and oxygen atoms in total. The Morgan fingerprint density at radius 2 is 2.04 bits per heavy atom. The van der Waals surface area contributed by atoms with E-state index in [1.165, 1.54) is 6.08 Å². The zero-order valence-electron chi connectivity index (χ0n) is 14.8. The molecule has 7 heteroatoms. The van der Waals surface area contributed by atoms with Gasteiger partial charge in [-0.05, 0) is 43.5 Å². The highest BCUT2D eigenvalue weighted by Crippen LogP contribution is 2.29. The average Bonchev–Trinajstić information content (AvgIpc) is 3.12. The molecule has 1 saturated carbocycles. The number of nitriles is 1. The van der Waals surface area contributed by atoms with Crippen molar-refractivity contribution in [3.05, 3.63) is 29.3 Å². The van der Waals surface area contributed by atoms with Crippen molar-refractivity contribution >= 4 is 17.9 Å². The third-order valence-electron chi connectivity index (χ3n) is 4.00. The molecule has 2 amide bonds. The first-order valence-corrected chi connectivity index (χ1v) is 8.64. The molecule has 0 radical (unpaired) electrons. The van der Waals surface area contributed by atoms with Gasteiger partial charge in [-0.25, -0.2) is 0 Å². The lowest BCUT2D eigenvalue weighted by molar-refractivity contribution is -0.120. The van der Waals surface area contributed by atoms with Crippen LogP contribution in [0.4, 0.5) is 0 Å². The maximum absolute atomic E-state index is 12.3. The quantitative estimate of drug-likeness (QED) is 0.545. The number of primary amides is 1. The smallest absolute Gasteiger partial charge is 0.262 e. The largest absolute Gasteiger partial charge is 0.490 e. The fourth-order valence-corrected chi connectivity index (χ4v) is 2.80. The van der Waals surface area contributed by atoms with Gasteiger partial charge in [0.2, 0.25) is 0 Å². The fourth-order valence-electron chi connectivity index (χ4n) is 2.80. The lowest BCUT2D eigenvalue weighted by atomic mass is 10.1. The molecule has 26 heavy (non-hydrogen) atoms. The maximum Gasteiger partial charge on any atom is 0.262 e. The first kappa shape index (κ1) is 19.3. The highest BCUT2D eigenvalue weighted by molar-refractivity contribution is 6.01. The third kappa shape index (κ3) is 5.52. The molecule has 0 spiro atoms. The van der Waals surface area contributed by atoms with Gasteiger partial charge in [-0.1, -0.05) is 18.9 Å². The summed E-state index contributed by atoms with van der Waals surface area (Å²) >= 11 is 0. The fraction of sp³-hybridized carbons (Fsp3) is 0.421. The van der Waals surface area contributed by atoms with E-state index >= 15 is 0 Å². The number of nitrogens with zero attached hydrogens (tertiary/aromatic N) is 1. The van der Waals surface area contributed by atoms with Crippen LogP contribution in [0.3, 0.4) is 0 Å². The molecule has 0 unspecified atom stereocenters. The molecule has 3 N–H and O–H groups in total. The molecule has 1 aromatic carbocycles. The van der Waals surface area contributed by atoms with Gasteiger partial charge in [0.1, 0.15) is 11.6 Å². The van der Waals surface area contributed by atoms with Crippen molar-refractivity contribution < 1.29 is 19.1 Å². The molecule has 138 valence electrons. The van der Waals surface area contributed by atoms with Crippen LogP contribution in [0.25, 0.3) is 6.08 Å². The zero-order chi connectivity index (χ0) is 18.9. The van der Waals surface area contributed by atoms with Gasteiger partial charge in [-0.3, -0.25) is 9.59 Å². The van der Waals surface area contributed by atoms with E-state index in [4.69, 9.17) is 15.2 Å². The van der Waals surface area contributed by atoms with E-state index in [-0.39, 0.29) is 24.1 Å². The Kier molecular flexibility index (Phi) is 7.03. The van der Waals surface area contributed by atoms with Gasteiger partial charge < -0.3 is 20.5 Å². The van der Waals surface area contributed by atoms with Crippen LogP contribution in [0, 0.1) is 11.3 Å². The lowest BCUT2D eigenvalue weighted by Gasteiger charge is -2.12. The number of benzene rings is 1. The van der Waals surface area contributed by atoms with Gasteiger partial charge in [0.15, 0.2) is 18.1 Å². The van der Waals surface area contributed by atoms with Crippen molar-refractivity contribution in [3.8, 4) is 17.6 Å². The number of carbonyl (C=O) groups is 2. The van der Waals surface area contributed by atoms with Crippen molar-refractivity contribution in [3.63, 3.8) is 0 Å². The number of nitrogens with two attached hydrogens (primary N) is 1. The SMILES string of the molecule is CCOc1cc(/C=C(/C#N)C(=O)NC2CCCC2)ccc1OCC(N)=O. The van der Waals surface area contributed by atoms with Gasteiger partial charge in [0.25, 0.3) is 11.8 Å². The van der Waals surface area contributed by atoms with E-state index in [9.17, 15) is 14.9 Å². The topological polar surface area (TPSA) is 114 Å². The normalized spacial score (nSPS) is 14.5. The first-order chi connectivity index (χ1) is 12.5. The van der Waals surface area contributed by atoms with Crippen LogP contribution in [0.15, 0.2) is 23.8 Å². The van der Waals surface area contributed by atoms with Crippen LogP contribution in [0.5, 0.6) is 11.5 Å². The Morgan fingerprint density at radius 1 is 1.31 bits per heavy atom. The second kappa shape index (κ2) is 9.47. The summed E-state index contributed by atoms with van der Waals surface area (Å²) in [6, 6.07) is 7.03. The molecule has 0 saturated heterocycles. The standard InChI is InChI=1S/C19H23N3O4/c1-2-25-17-10-13(7-8-16(17)26-12-18(21)23)9-14(11-20)19(24)22-15-5-3-4-6-15/h7-10,15H,2-6,12H2,1H3,(H2,21,23)(H,22,24)/b14-9-. The molecule has 0 bridgehead atoms. The predicted molar refractivity (Wildman–Crippen MR) is 96.3 cm³/mol. The van der Waals surface area contributed by atoms with Gasteiger partial charge in [-0.15, -0.1) is 0 Å². The molecule has 0 aliphatic heterocycles. The number of rotatable bonds is 8. The van der Waals surface area contributed by atoms with Gasteiger partial charge in [-0.2, -0.15) is 5.26 Å². The highest BCUT2D eigenvalue weighted by Gasteiger charge is 2.19. The number of hydrogen-bond donors (Lipinski definition) is 2. The van der Waals surface area contributed by atoms with E-state index in [1.807, 2.05) is 13.0 Å². The van der Waals surface area contributed by atoms with Crippen LogP contribution in [0.1, 0.15) is 38.2 Å². The molecule has 0 atom stereocenters. The van der Waals surface area contributed by atoms with E-state index in [2.05, 4.69) is 5.32 Å². The van der Waals surface area contributed by atoms with E-state index < -0.39 is 5.91 Å². The van der Waals surface area contributed by atoms with E-state index in [0.29, 0.717) is 23.7 Å². The Labute approximate surface area is 152 Å². The van der Waals surface area contributed by atoms with Crippen LogP contribution < -0.4 is 20.5 Å². The molecule has 1 fully saturated rings. The van der Waals surface area contributed by atoms with Crippen LogP contribution >= 0.6 is 0 Å². The van der Waals surface area contributed by atoms with Crippen molar-refractivity contribution in [1.29, 1.82) is 5.26 Å². The minimum atomic E-state index is -0.591. The summed E-state index contributed by atoms with van der Waals surface area (Å²) in [6.07, 6.45) is 5.60. The molecule has 1 aliphatic carbocycles. The molecular weight excluding hydrogens is 334 g/mol. The lowest BCUT2D eigenvalue weighted by Crippen LogP contribution is -2.33. The van der Waals surface area contributed by atoms with Crippen molar-refractivity contribution in [1.82, 2.24) is 5.32 Å². The minimum absolute atomic E-state index is 0.0325. The Hall–Kier alpha value is -3.01. The van der Waals surface area contributed by atoms with Gasteiger partial charge in [0.05, 0.1) is 6.61 Å². The second-order valence-corrected chi connectivity index (χ2v) is 6.02. The molecule has 0 heterocycles. The Morgan fingerprint density at radius 3 is 2.65 bits per heavy atom. The average molecular weight is 357 g/mol. The summed E-state index contributed by atoms with van der Waals surface area (Å²) in [5.74, 6) is -0.175. The summed E-state index contributed by atoms with van der Waals surface area (Å²) < 4.78 is 10.8. The molecule has 2 rings (SSSR count). The molecule has 1 aliphatic rings. The maximum atomic E-state index is 12.3. The number of nitrogens with one attached hydrogen (secondary N) is 1. The Bertz CT molecular complexity index is 731. The minimum Gasteiger partial charge on any atom is -0.490 e. The summed E-state index contributed by atoms with van der Waals surface area (Å²) in [6.45, 7) is 1.95. The summed E-state index contributed by atoms with van der Waals surface area (Å²) in [4.78, 5) is 23.2. The van der Waals surface area contributed by atoms with Crippen molar-refractivity contribution in [2.75, 3.05) is 13.2 Å². The van der Waals surface area contributed by atoms with E-state index in [0.717, 1.165) is 25.7 Å². The summed E-state index contributed by atoms with van der Waals surface area (Å²) in [5.41, 5.74) is 5.74. The number of hydrogen-bond acceptors (Lipinski definition) is 5. The Balaban J connectivity index is 2.17. The van der Waals surface area contributed by atoms with Crippen LogP contribution in [-0.4, -0.2) is 31.1 Å². The summed E-state index contributed by atoms with van der Waals surface area (Å²) in [5, 5.41) is 12.2. The number of carbonyl (C=O) groups excluding carboxylic acids is 2. The number of amides is 2. The molecule has 0 aromatic heterocycles. The molecular formula is C19H23N3O4. The monoisotopic (exact) mass is 357 g/mol.